The maximum absolute atomic E-state index is 13.4. The first-order chi connectivity index (χ1) is 15.1. The van der Waals surface area contributed by atoms with E-state index in [2.05, 4.69) is 14.7 Å². The van der Waals surface area contributed by atoms with Crippen LogP contribution in [-0.4, -0.2) is 53.5 Å². The SMILES string of the molecule is CCCS(=N)(=O)Nc1nc(N)c2c(n1)n(Cc1ccc(Cl)cc1)c(=O)n2C(=N)N(C)CC. The normalized spacial score (nSPS) is 13.1. The van der Waals surface area contributed by atoms with Crippen molar-refractivity contribution in [1.29, 1.82) is 10.2 Å². The number of hydrogen-bond acceptors (Lipinski definition) is 7. The van der Waals surface area contributed by atoms with E-state index in [1.54, 1.807) is 36.2 Å². The van der Waals surface area contributed by atoms with Gasteiger partial charge in [-0.1, -0.05) is 30.7 Å². The number of anilines is 2. The quantitative estimate of drug-likeness (QED) is 0.300. The third kappa shape index (κ3) is 4.70. The van der Waals surface area contributed by atoms with Crippen molar-refractivity contribution >= 4 is 50.4 Å². The third-order valence-electron chi connectivity index (χ3n) is 4.84. The summed E-state index contributed by atoms with van der Waals surface area (Å²) in [4.78, 5) is 23.4. The minimum atomic E-state index is -3.17. The van der Waals surface area contributed by atoms with E-state index in [0.717, 1.165) is 10.1 Å². The fourth-order valence-electron chi connectivity index (χ4n) is 3.13. The van der Waals surface area contributed by atoms with Crippen LogP contribution in [0.25, 0.3) is 11.2 Å². The molecular formula is C19H26ClN9O2S. The molecule has 0 aliphatic rings. The number of benzene rings is 1. The second-order valence-corrected chi connectivity index (χ2v) is 9.65. The second-order valence-electron chi connectivity index (χ2n) is 7.25. The van der Waals surface area contributed by atoms with Crippen molar-refractivity contribution in [2.75, 3.05) is 29.8 Å². The summed E-state index contributed by atoms with van der Waals surface area (Å²) in [5.74, 6) is -0.145. The Bertz CT molecular complexity index is 1310. The van der Waals surface area contributed by atoms with Crippen molar-refractivity contribution in [3.8, 4) is 0 Å². The Kier molecular flexibility index (Phi) is 6.74. The van der Waals surface area contributed by atoms with Crippen molar-refractivity contribution < 1.29 is 4.21 Å². The Morgan fingerprint density at radius 3 is 2.53 bits per heavy atom. The van der Waals surface area contributed by atoms with E-state index in [4.69, 9.17) is 27.5 Å². The number of rotatable bonds is 7. The van der Waals surface area contributed by atoms with Gasteiger partial charge in [0.2, 0.25) is 11.9 Å². The Morgan fingerprint density at radius 1 is 1.28 bits per heavy atom. The predicted octanol–water partition coefficient (Wildman–Crippen LogP) is 2.40. The van der Waals surface area contributed by atoms with Gasteiger partial charge in [-0.3, -0.25) is 14.7 Å². The van der Waals surface area contributed by atoms with E-state index in [-0.39, 0.29) is 41.2 Å². The number of hydrogen-bond donors (Lipinski definition) is 4. The maximum atomic E-state index is 13.4. The molecule has 0 bridgehead atoms. The summed E-state index contributed by atoms with van der Waals surface area (Å²) in [7, 11) is -1.49. The Balaban J connectivity index is 2.24. The molecule has 1 unspecified atom stereocenters. The highest BCUT2D eigenvalue weighted by atomic mass is 35.5. The summed E-state index contributed by atoms with van der Waals surface area (Å²) >= 11 is 5.97. The molecule has 3 rings (SSSR count). The van der Waals surface area contributed by atoms with Crippen molar-refractivity contribution in [3.05, 3.63) is 45.3 Å². The highest BCUT2D eigenvalue weighted by Crippen LogP contribution is 2.21. The molecule has 2 heterocycles. The number of fused-ring (bicyclic) bond motifs is 1. The molecular weight excluding hydrogens is 454 g/mol. The number of nitrogens with one attached hydrogen (secondary N) is 3. The molecule has 32 heavy (non-hydrogen) atoms. The molecule has 1 aromatic carbocycles. The van der Waals surface area contributed by atoms with Crippen molar-refractivity contribution in [2.45, 2.75) is 26.8 Å². The van der Waals surface area contributed by atoms with E-state index in [9.17, 15) is 9.00 Å². The Hall–Kier alpha value is -3.12. The summed E-state index contributed by atoms with van der Waals surface area (Å²) in [5.41, 5.74) is 6.79. The number of nitrogen functional groups attached to an aromatic ring is 1. The maximum Gasteiger partial charge on any atom is 0.337 e. The highest BCUT2D eigenvalue weighted by Gasteiger charge is 2.24. The largest absolute Gasteiger partial charge is 0.382 e. The van der Waals surface area contributed by atoms with Gasteiger partial charge in [-0.15, -0.1) is 0 Å². The van der Waals surface area contributed by atoms with E-state index in [1.807, 2.05) is 13.8 Å². The van der Waals surface area contributed by atoms with E-state index in [0.29, 0.717) is 18.0 Å². The van der Waals surface area contributed by atoms with Gasteiger partial charge < -0.3 is 10.6 Å². The molecule has 0 saturated heterocycles. The van der Waals surface area contributed by atoms with Gasteiger partial charge in [-0.05, 0) is 31.0 Å². The number of halogens is 1. The van der Waals surface area contributed by atoms with Crippen LogP contribution >= 0.6 is 11.6 Å². The molecule has 5 N–H and O–H groups in total. The van der Waals surface area contributed by atoms with Crippen LogP contribution < -0.4 is 16.1 Å². The average molecular weight is 480 g/mol. The first-order valence-electron chi connectivity index (χ1n) is 9.95. The van der Waals surface area contributed by atoms with Gasteiger partial charge in [0.05, 0.1) is 12.3 Å². The van der Waals surface area contributed by atoms with Crippen LogP contribution in [0, 0.1) is 10.2 Å². The number of imidazole rings is 1. The lowest BCUT2D eigenvalue weighted by atomic mass is 10.2. The molecule has 172 valence electrons. The minimum Gasteiger partial charge on any atom is -0.382 e. The van der Waals surface area contributed by atoms with Gasteiger partial charge >= 0.3 is 5.69 Å². The highest BCUT2D eigenvalue weighted by molar-refractivity contribution is 7.93. The van der Waals surface area contributed by atoms with Gasteiger partial charge in [0.15, 0.2) is 11.5 Å². The van der Waals surface area contributed by atoms with Gasteiger partial charge in [0.25, 0.3) is 0 Å². The number of nitrogens with zero attached hydrogens (tertiary/aromatic N) is 5. The first-order valence-corrected chi connectivity index (χ1v) is 12.1. The molecule has 11 nitrogen and oxygen atoms in total. The fraction of sp³-hybridized carbons (Fsp3) is 0.368. The second kappa shape index (κ2) is 9.17. The molecule has 13 heteroatoms. The van der Waals surface area contributed by atoms with Crippen LogP contribution in [-0.2, 0) is 16.5 Å². The van der Waals surface area contributed by atoms with Gasteiger partial charge in [-0.2, -0.15) is 9.97 Å². The van der Waals surface area contributed by atoms with Gasteiger partial charge in [0, 0.05) is 18.6 Å². The lowest BCUT2D eigenvalue weighted by molar-refractivity contribution is 0.510. The van der Waals surface area contributed by atoms with Crippen LogP contribution in [0.3, 0.4) is 0 Å². The lowest BCUT2D eigenvalue weighted by Crippen LogP contribution is -2.38. The van der Waals surface area contributed by atoms with E-state index >= 15 is 0 Å². The smallest absolute Gasteiger partial charge is 0.337 e. The average Bonchev–Trinajstić information content (AvgIpc) is 3.00. The molecule has 2 aromatic heterocycles. The van der Waals surface area contributed by atoms with Crippen molar-refractivity contribution in [1.82, 2.24) is 24.0 Å². The molecule has 0 amide bonds. The predicted molar refractivity (Wildman–Crippen MR) is 128 cm³/mol. The number of aromatic nitrogens is 4. The van der Waals surface area contributed by atoms with Crippen LogP contribution in [0.5, 0.6) is 0 Å². The topological polar surface area (TPSA) is 159 Å². The zero-order valence-corrected chi connectivity index (χ0v) is 19.6. The molecule has 0 aliphatic heterocycles. The van der Waals surface area contributed by atoms with Gasteiger partial charge in [0.1, 0.15) is 15.4 Å². The lowest BCUT2D eigenvalue weighted by Gasteiger charge is -2.18. The van der Waals surface area contributed by atoms with Crippen molar-refractivity contribution in [2.24, 2.45) is 0 Å². The van der Waals surface area contributed by atoms with E-state index < -0.39 is 15.6 Å². The number of nitrogens with two attached hydrogens (primary N) is 1. The molecule has 0 fully saturated rings. The zero-order chi connectivity index (χ0) is 23.6. The summed E-state index contributed by atoms with van der Waals surface area (Å²) in [6.07, 6.45) is 0.533. The molecule has 0 aliphatic carbocycles. The third-order valence-corrected chi connectivity index (χ3v) is 6.59. The van der Waals surface area contributed by atoms with Crippen LogP contribution in [0.1, 0.15) is 25.8 Å². The van der Waals surface area contributed by atoms with E-state index in [1.165, 1.54) is 4.57 Å². The zero-order valence-electron chi connectivity index (χ0n) is 18.1. The Labute approximate surface area is 190 Å². The molecule has 0 saturated carbocycles. The van der Waals surface area contributed by atoms with Crippen LogP contribution in [0.2, 0.25) is 5.02 Å². The minimum absolute atomic E-state index is 0.0644. The summed E-state index contributed by atoms with van der Waals surface area (Å²) in [6, 6.07) is 6.99. The van der Waals surface area contributed by atoms with Crippen LogP contribution in [0.15, 0.2) is 29.1 Å². The fourth-order valence-corrected chi connectivity index (χ4v) is 4.32. The van der Waals surface area contributed by atoms with Gasteiger partial charge in [-0.25, -0.2) is 18.4 Å². The summed E-state index contributed by atoms with van der Waals surface area (Å²) in [5, 5.41) is 9.05. The summed E-state index contributed by atoms with van der Waals surface area (Å²) < 4.78 is 25.4. The molecule has 0 spiro atoms. The summed E-state index contributed by atoms with van der Waals surface area (Å²) in [6.45, 7) is 4.30. The molecule has 1 atom stereocenters. The van der Waals surface area contributed by atoms with Crippen molar-refractivity contribution in [3.63, 3.8) is 0 Å². The molecule has 0 radical (unpaired) electrons. The Morgan fingerprint density at radius 2 is 1.94 bits per heavy atom. The standard InChI is InChI=1S/C19H26ClN9O2S/c1-4-10-32(23,31)26-18-24-15(21)14-16(25-18)28(11-12-6-8-13(20)9-7-12)19(30)29(14)17(22)27(3)5-2/h6-9,22H,4-5,10-11H2,1-3H3,(H4,21,23,24,25,26,31). The monoisotopic (exact) mass is 479 g/mol. The first kappa shape index (κ1) is 23.5. The van der Waals surface area contributed by atoms with Crippen LogP contribution in [0.4, 0.5) is 11.8 Å². The molecule has 3 aromatic rings.